The van der Waals surface area contributed by atoms with Gasteiger partial charge in [-0.15, -0.1) is 0 Å². The Labute approximate surface area is 169 Å². The largest absolute Gasteiger partial charge is 0.389 e. The van der Waals surface area contributed by atoms with Crippen molar-refractivity contribution in [2.45, 2.75) is 88.7 Å². The second kappa shape index (κ2) is 9.18. The monoisotopic (exact) mass is 419 g/mol. The first kappa shape index (κ1) is 22.3. The van der Waals surface area contributed by atoms with E-state index >= 15 is 0 Å². The number of amides is 1. The first-order chi connectivity index (χ1) is 13.6. The van der Waals surface area contributed by atoms with Gasteiger partial charge in [-0.25, -0.2) is 23.6 Å². The first-order valence-corrected chi connectivity index (χ1v) is 10.4. The number of fused-ring (bicyclic) bond motifs is 1. The van der Waals surface area contributed by atoms with E-state index in [0.717, 1.165) is 0 Å². The molecular formula is C19H32F3N5O2. The minimum atomic E-state index is -1.64. The van der Waals surface area contributed by atoms with Crippen LogP contribution in [0.2, 0.25) is 0 Å². The van der Waals surface area contributed by atoms with Crippen molar-refractivity contribution in [3.8, 4) is 0 Å². The molecule has 1 heterocycles. The minimum absolute atomic E-state index is 0.0189. The third-order valence-electron chi connectivity index (χ3n) is 5.91. The molecule has 1 aliphatic heterocycles. The van der Waals surface area contributed by atoms with Crippen LogP contribution >= 0.6 is 0 Å². The summed E-state index contributed by atoms with van der Waals surface area (Å²) in [5, 5.41) is 15.8. The van der Waals surface area contributed by atoms with Crippen molar-refractivity contribution in [3.05, 3.63) is 0 Å². The third-order valence-corrected chi connectivity index (χ3v) is 5.91. The summed E-state index contributed by atoms with van der Waals surface area (Å²) >= 11 is 0. The predicted molar refractivity (Wildman–Crippen MR) is 103 cm³/mol. The van der Waals surface area contributed by atoms with E-state index in [1.165, 1.54) is 0 Å². The molecule has 0 aromatic carbocycles. The van der Waals surface area contributed by atoms with Crippen molar-refractivity contribution in [2.24, 2.45) is 16.8 Å². The zero-order valence-corrected chi connectivity index (χ0v) is 16.9. The average Bonchev–Trinajstić information content (AvgIpc) is 3.03. The molecule has 7 nitrogen and oxygen atoms in total. The number of carbonyl (C=O) groups is 1. The van der Waals surface area contributed by atoms with Gasteiger partial charge in [-0.3, -0.25) is 15.5 Å². The van der Waals surface area contributed by atoms with Crippen molar-refractivity contribution in [2.75, 3.05) is 6.54 Å². The van der Waals surface area contributed by atoms with Crippen LogP contribution < -0.4 is 21.5 Å². The molecule has 7 unspecified atom stereocenters. The number of nitrogens with zero attached hydrogens (tertiary/aromatic N) is 1. The van der Waals surface area contributed by atoms with Gasteiger partial charge in [-0.1, -0.05) is 0 Å². The summed E-state index contributed by atoms with van der Waals surface area (Å²) in [5.74, 6) is -0.771. The Balaban J connectivity index is 1.64. The number of hydrazine groups is 1. The van der Waals surface area contributed by atoms with Crippen LogP contribution in [0.1, 0.15) is 52.4 Å². The van der Waals surface area contributed by atoms with Crippen molar-refractivity contribution in [1.82, 2.24) is 21.5 Å². The molecule has 0 radical (unpaired) electrons. The summed E-state index contributed by atoms with van der Waals surface area (Å²) < 4.78 is 40.7. The lowest BCUT2D eigenvalue weighted by molar-refractivity contribution is -0.125. The molecule has 1 saturated heterocycles. The maximum absolute atomic E-state index is 13.7. The summed E-state index contributed by atoms with van der Waals surface area (Å²) in [4.78, 5) is 16.9. The number of nitrogens with one attached hydrogen (secondary N) is 4. The number of aliphatic imine (C=N–C) groups is 1. The Hall–Kier alpha value is -1.39. The number of halogens is 3. The summed E-state index contributed by atoms with van der Waals surface area (Å²) in [6.07, 6.45) is -2.53. The fraction of sp³-hybridized carbons (Fsp3) is 0.895. The molecule has 10 heteroatoms. The number of hydrogen-bond acceptors (Lipinski definition) is 5. The van der Waals surface area contributed by atoms with Crippen LogP contribution in [0.25, 0.3) is 0 Å². The molecule has 166 valence electrons. The zero-order valence-electron chi connectivity index (χ0n) is 16.9. The fourth-order valence-electron chi connectivity index (χ4n) is 4.23. The average molecular weight is 419 g/mol. The Bertz CT molecular complexity index is 615. The lowest BCUT2D eigenvalue weighted by Gasteiger charge is -2.31. The second-order valence-electron chi connectivity index (χ2n) is 9.10. The van der Waals surface area contributed by atoms with Gasteiger partial charge < -0.3 is 10.4 Å². The molecule has 3 rings (SSSR count). The van der Waals surface area contributed by atoms with Gasteiger partial charge in [-0.05, 0) is 52.4 Å². The molecule has 2 aliphatic carbocycles. The molecule has 0 aromatic rings. The Morgan fingerprint density at radius 2 is 1.86 bits per heavy atom. The van der Waals surface area contributed by atoms with Crippen LogP contribution in [-0.2, 0) is 4.79 Å². The van der Waals surface area contributed by atoms with Gasteiger partial charge in [0.05, 0.1) is 18.3 Å². The normalized spacial score (nSPS) is 38.4. The Kier molecular flexibility index (Phi) is 7.06. The lowest BCUT2D eigenvalue weighted by atomic mass is 9.83. The minimum Gasteiger partial charge on any atom is -0.389 e. The highest BCUT2D eigenvalue weighted by Crippen LogP contribution is 2.31. The van der Waals surface area contributed by atoms with E-state index in [0.29, 0.717) is 19.3 Å². The van der Waals surface area contributed by atoms with Gasteiger partial charge in [0, 0.05) is 17.9 Å². The van der Waals surface area contributed by atoms with Gasteiger partial charge in [-0.2, -0.15) is 0 Å². The van der Waals surface area contributed by atoms with Crippen molar-refractivity contribution in [3.63, 3.8) is 0 Å². The maximum atomic E-state index is 13.7. The smallest absolute Gasteiger partial charge is 0.229 e. The zero-order chi connectivity index (χ0) is 21.2. The lowest BCUT2D eigenvalue weighted by Crippen LogP contribution is -2.54. The van der Waals surface area contributed by atoms with Crippen LogP contribution in [0.15, 0.2) is 4.99 Å². The highest BCUT2D eigenvalue weighted by atomic mass is 19.2. The fourth-order valence-corrected chi connectivity index (χ4v) is 4.23. The van der Waals surface area contributed by atoms with E-state index < -0.39 is 35.9 Å². The van der Waals surface area contributed by atoms with E-state index in [1.54, 1.807) is 13.8 Å². The molecule has 0 spiro atoms. The molecule has 0 aromatic heterocycles. The first-order valence-electron chi connectivity index (χ1n) is 10.4. The molecule has 0 bridgehead atoms. The van der Waals surface area contributed by atoms with E-state index in [-0.39, 0.29) is 49.9 Å². The Morgan fingerprint density at radius 3 is 2.55 bits per heavy atom. The molecule has 29 heavy (non-hydrogen) atoms. The van der Waals surface area contributed by atoms with Crippen molar-refractivity contribution in [1.29, 1.82) is 0 Å². The maximum Gasteiger partial charge on any atom is 0.229 e. The molecule has 3 aliphatic rings. The summed E-state index contributed by atoms with van der Waals surface area (Å²) in [5.41, 5.74) is 5.08. The third kappa shape index (κ3) is 6.05. The summed E-state index contributed by atoms with van der Waals surface area (Å²) in [6, 6.07) is -0.0189. The number of aliphatic hydroxyl groups is 1. The van der Waals surface area contributed by atoms with Gasteiger partial charge in [0.25, 0.3) is 0 Å². The van der Waals surface area contributed by atoms with E-state index in [1.807, 2.05) is 0 Å². The second-order valence-corrected chi connectivity index (χ2v) is 9.10. The predicted octanol–water partition coefficient (Wildman–Crippen LogP) is 1.24. The molecule has 7 atom stereocenters. The quantitative estimate of drug-likeness (QED) is 0.349. The number of hydrogen-bond donors (Lipinski definition) is 5. The van der Waals surface area contributed by atoms with Gasteiger partial charge >= 0.3 is 0 Å². The summed E-state index contributed by atoms with van der Waals surface area (Å²) in [6.45, 7) is 3.24. The van der Waals surface area contributed by atoms with Gasteiger partial charge in [0.2, 0.25) is 5.91 Å². The summed E-state index contributed by atoms with van der Waals surface area (Å²) in [7, 11) is 0. The highest BCUT2D eigenvalue weighted by Gasteiger charge is 2.41. The van der Waals surface area contributed by atoms with Crippen LogP contribution in [0.4, 0.5) is 13.2 Å². The number of carbonyl (C=O) groups excluding carboxylic acids is 1. The standard InChI is InChI=1S/C19H32F3N5O2/c1-19(2,29)9-23-18(25-17(28)10-3-6-13(21)14(22)7-10)24-16-12-5-4-11(20)8-15(12)26-27-16/h10-16,26-27,29H,3-9H2,1-2H3,(H2,23,24,25,28). The van der Waals surface area contributed by atoms with Crippen LogP contribution in [0.5, 0.6) is 0 Å². The molecule has 5 N–H and O–H groups in total. The SMILES string of the molecule is CC(C)(O)CN=C(NC(=O)C1CCC(F)C(F)C1)NC1NNC2CC(F)CCC21. The molecule has 3 fully saturated rings. The number of alkyl halides is 3. The van der Waals surface area contributed by atoms with Crippen molar-refractivity contribution < 1.29 is 23.1 Å². The number of guanidine groups is 1. The molecule has 2 saturated carbocycles. The molecule has 1 amide bonds. The van der Waals surface area contributed by atoms with E-state index in [4.69, 9.17) is 0 Å². The van der Waals surface area contributed by atoms with Crippen molar-refractivity contribution >= 4 is 11.9 Å². The highest BCUT2D eigenvalue weighted by molar-refractivity contribution is 5.98. The topological polar surface area (TPSA) is 97.8 Å². The van der Waals surface area contributed by atoms with Crippen LogP contribution in [0, 0.1) is 11.8 Å². The van der Waals surface area contributed by atoms with E-state index in [9.17, 15) is 23.1 Å². The van der Waals surface area contributed by atoms with Gasteiger partial charge in [0.1, 0.15) is 18.5 Å². The Morgan fingerprint density at radius 1 is 1.10 bits per heavy atom. The molecular weight excluding hydrogens is 387 g/mol. The van der Waals surface area contributed by atoms with E-state index in [2.05, 4.69) is 26.5 Å². The number of rotatable bonds is 4. The van der Waals surface area contributed by atoms with Crippen LogP contribution in [-0.4, -0.2) is 59.8 Å². The van der Waals surface area contributed by atoms with Gasteiger partial charge in [0.15, 0.2) is 5.96 Å². The van der Waals surface area contributed by atoms with Crippen LogP contribution in [0.3, 0.4) is 0 Å².